The maximum atomic E-state index is 4.92. The Morgan fingerprint density at radius 1 is 1.04 bits per heavy atom. The van der Waals surface area contributed by atoms with Gasteiger partial charge in [-0.15, -0.1) is 24.0 Å². The number of likely N-dealkylation sites (tertiary alicyclic amines) is 2. The average Bonchev–Trinajstić information content (AvgIpc) is 2.65. The topological polar surface area (TPSA) is 42.9 Å². The van der Waals surface area contributed by atoms with Crippen molar-refractivity contribution in [2.24, 2.45) is 10.9 Å². The van der Waals surface area contributed by atoms with Crippen molar-refractivity contribution in [1.29, 1.82) is 0 Å². The minimum absolute atomic E-state index is 0. The smallest absolute Gasteiger partial charge is 0.191 e. The molecule has 2 rings (SSSR count). The first-order valence-corrected chi connectivity index (χ1v) is 10.5. The second-order valence-corrected chi connectivity index (χ2v) is 8.34. The molecule has 2 aliphatic heterocycles. The van der Waals surface area contributed by atoms with Crippen LogP contribution in [0.1, 0.15) is 59.8 Å². The van der Waals surface area contributed by atoms with E-state index in [0.717, 1.165) is 31.5 Å². The number of rotatable bonds is 7. The van der Waals surface area contributed by atoms with Gasteiger partial charge in [0.1, 0.15) is 0 Å². The molecule has 6 heteroatoms. The van der Waals surface area contributed by atoms with E-state index in [0.29, 0.717) is 0 Å². The molecule has 154 valence electrons. The first-order valence-electron chi connectivity index (χ1n) is 10.5. The van der Waals surface area contributed by atoms with Crippen molar-refractivity contribution < 1.29 is 0 Å². The van der Waals surface area contributed by atoms with Crippen LogP contribution in [0.5, 0.6) is 0 Å². The molecule has 1 unspecified atom stereocenters. The van der Waals surface area contributed by atoms with E-state index in [1.165, 1.54) is 64.8 Å². The Bertz CT molecular complexity index is 407. The van der Waals surface area contributed by atoms with Crippen molar-refractivity contribution in [3.8, 4) is 0 Å². The number of hydrogen-bond acceptors (Lipinski definition) is 3. The number of aliphatic imine (C=N–C) groups is 1. The van der Waals surface area contributed by atoms with Crippen LogP contribution in [-0.2, 0) is 0 Å². The molecule has 0 radical (unpaired) electrons. The van der Waals surface area contributed by atoms with Crippen LogP contribution in [0.3, 0.4) is 0 Å². The lowest BCUT2D eigenvalue weighted by atomic mass is 9.98. The van der Waals surface area contributed by atoms with Crippen LogP contribution < -0.4 is 10.6 Å². The SMILES string of the molecule is CCNC(=NCC(C)(C)N1CCCCC1)NCC1CCCN(CC)C1.I. The number of nitrogens with zero attached hydrogens (tertiary/aromatic N) is 3. The highest BCUT2D eigenvalue weighted by Crippen LogP contribution is 2.21. The monoisotopic (exact) mass is 479 g/mol. The molecular formula is C20H42IN5. The number of hydrogen-bond donors (Lipinski definition) is 2. The van der Waals surface area contributed by atoms with Crippen molar-refractivity contribution in [1.82, 2.24) is 20.4 Å². The van der Waals surface area contributed by atoms with Gasteiger partial charge in [-0.2, -0.15) is 0 Å². The average molecular weight is 479 g/mol. The minimum atomic E-state index is 0. The zero-order valence-electron chi connectivity index (χ0n) is 17.5. The predicted octanol–water partition coefficient (Wildman–Crippen LogP) is 3.16. The van der Waals surface area contributed by atoms with Gasteiger partial charge in [-0.3, -0.25) is 9.89 Å². The van der Waals surface area contributed by atoms with Gasteiger partial charge in [-0.05, 0) is 78.6 Å². The Hall–Kier alpha value is -0.0800. The first kappa shape index (κ1) is 24.0. The van der Waals surface area contributed by atoms with Crippen LogP contribution in [0, 0.1) is 5.92 Å². The molecule has 2 aliphatic rings. The Balaban J connectivity index is 0.00000338. The van der Waals surface area contributed by atoms with E-state index in [-0.39, 0.29) is 29.5 Å². The van der Waals surface area contributed by atoms with E-state index < -0.39 is 0 Å². The number of halogens is 1. The van der Waals surface area contributed by atoms with Gasteiger partial charge in [0.05, 0.1) is 6.54 Å². The fraction of sp³-hybridized carbons (Fsp3) is 0.950. The quantitative estimate of drug-likeness (QED) is 0.335. The molecule has 2 heterocycles. The highest BCUT2D eigenvalue weighted by atomic mass is 127. The molecule has 0 aliphatic carbocycles. The van der Waals surface area contributed by atoms with Crippen molar-refractivity contribution >= 4 is 29.9 Å². The summed E-state index contributed by atoms with van der Waals surface area (Å²) in [6, 6.07) is 0. The molecule has 1 atom stereocenters. The van der Waals surface area contributed by atoms with Gasteiger partial charge in [0.15, 0.2) is 5.96 Å². The van der Waals surface area contributed by atoms with E-state index in [9.17, 15) is 0 Å². The summed E-state index contributed by atoms with van der Waals surface area (Å²) in [5.74, 6) is 1.73. The maximum absolute atomic E-state index is 4.92. The summed E-state index contributed by atoms with van der Waals surface area (Å²) in [6.07, 6.45) is 6.72. The van der Waals surface area contributed by atoms with Gasteiger partial charge in [0.25, 0.3) is 0 Å². The summed E-state index contributed by atoms with van der Waals surface area (Å²) in [5, 5.41) is 7.03. The normalized spacial score (nSPS) is 23.4. The molecule has 0 spiro atoms. The zero-order valence-corrected chi connectivity index (χ0v) is 19.8. The van der Waals surface area contributed by atoms with E-state index >= 15 is 0 Å². The van der Waals surface area contributed by atoms with Crippen LogP contribution in [0.4, 0.5) is 0 Å². The summed E-state index contributed by atoms with van der Waals surface area (Å²) in [4.78, 5) is 10.1. The van der Waals surface area contributed by atoms with Crippen LogP contribution in [0.25, 0.3) is 0 Å². The molecule has 2 N–H and O–H groups in total. The molecule has 0 bridgehead atoms. The minimum Gasteiger partial charge on any atom is -0.357 e. The Morgan fingerprint density at radius 2 is 1.77 bits per heavy atom. The van der Waals surface area contributed by atoms with Crippen molar-refractivity contribution in [2.45, 2.75) is 65.3 Å². The molecule has 0 aromatic heterocycles. The van der Waals surface area contributed by atoms with Crippen LogP contribution >= 0.6 is 24.0 Å². The standard InChI is InChI=1S/C20H41N5.HI/c1-5-21-19(22-15-18-11-10-12-24(6-2)16-18)23-17-20(3,4)25-13-8-7-9-14-25;/h18H,5-17H2,1-4H3,(H2,21,22,23);1H. The van der Waals surface area contributed by atoms with E-state index in [4.69, 9.17) is 4.99 Å². The highest BCUT2D eigenvalue weighted by Gasteiger charge is 2.27. The second kappa shape index (κ2) is 12.4. The molecular weight excluding hydrogens is 437 g/mol. The zero-order chi connectivity index (χ0) is 18.1. The molecule has 0 aromatic carbocycles. The Morgan fingerprint density at radius 3 is 2.42 bits per heavy atom. The summed E-state index contributed by atoms with van der Waals surface area (Å²) < 4.78 is 0. The summed E-state index contributed by atoms with van der Waals surface area (Å²) in [6.45, 7) is 18.0. The summed E-state index contributed by atoms with van der Waals surface area (Å²) in [7, 11) is 0. The third-order valence-corrected chi connectivity index (χ3v) is 5.79. The second-order valence-electron chi connectivity index (χ2n) is 8.34. The number of nitrogens with one attached hydrogen (secondary N) is 2. The molecule has 0 saturated carbocycles. The van der Waals surface area contributed by atoms with Gasteiger partial charge in [0, 0.05) is 25.2 Å². The fourth-order valence-electron chi connectivity index (χ4n) is 4.06. The first-order chi connectivity index (χ1) is 12.0. The number of guanidine groups is 1. The van der Waals surface area contributed by atoms with Crippen molar-refractivity contribution in [3.63, 3.8) is 0 Å². The molecule has 26 heavy (non-hydrogen) atoms. The van der Waals surface area contributed by atoms with Crippen molar-refractivity contribution in [3.05, 3.63) is 0 Å². The third-order valence-electron chi connectivity index (χ3n) is 5.79. The predicted molar refractivity (Wildman–Crippen MR) is 124 cm³/mol. The fourth-order valence-corrected chi connectivity index (χ4v) is 4.06. The number of piperidine rings is 2. The maximum Gasteiger partial charge on any atom is 0.191 e. The molecule has 5 nitrogen and oxygen atoms in total. The molecule has 2 fully saturated rings. The van der Waals surface area contributed by atoms with Crippen LogP contribution in [-0.4, -0.2) is 73.7 Å². The van der Waals surface area contributed by atoms with Crippen molar-refractivity contribution in [2.75, 3.05) is 52.4 Å². The lowest BCUT2D eigenvalue weighted by Gasteiger charge is -2.40. The van der Waals surface area contributed by atoms with E-state index in [1.54, 1.807) is 0 Å². The van der Waals surface area contributed by atoms with E-state index in [1.807, 2.05) is 0 Å². The highest BCUT2D eigenvalue weighted by molar-refractivity contribution is 14.0. The van der Waals surface area contributed by atoms with Crippen LogP contribution in [0.2, 0.25) is 0 Å². The van der Waals surface area contributed by atoms with Gasteiger partial charge in [0.2, 0.25) is 0 Å². The Labute approximate surface area is 178 Å². The summed E-state index contributed by atoms with van der Waals surface area (Å²) >= 11 is 0. The molecule has 2 saturated heterocycles. The molecule has 0 amide bonds. The van der Waals surface area contributed by atoms with Gasteiger partial charge < -0.3 is 15.5 Å². The molecule has 0 aromatic rings. The van der Waals surface area contributed by atoms with Crippen LogP contribution in [0.15, 0.2) is 4.99 Å². The Kier molecular flexibility index (Phi) is 11.4. The third kappa shape index (κ3) is 7.89. The lowest BCUT2D eigenvalue weighted by molar-refractivity contribution is 0.102. The lowest BCUT2D eigenvalue weighted by Crippen LogP contribution is -2.50. The van der Waals surface area contributed by atoms with E-state index in [2.05, 4.69) is 48.1 Å². The van der Waals surface area contributed by atoms with Gasteiger partial charge >= 0.3 is 0 Å². The van der Waals surface area contributed by atoms with Gasteiger partial charge in [-0.1, -0.05) is 13.3 Å². The summed E-state index contributed by atoms with van der Waals surface area (Å²) in [5.41, 5.74) is 0.145. The largest absolute Gasteiger partial charge is 0.357 e. The van der Waals surface area contributed by atoms with Gasteiger partial charge in [-0.25, -0.2) is 0 Å².